The van der Waals surface area contributed by atoms with Crippen molar-refractivity contribution in [3.8, 4) is 0 Å². The summed E-state index contributed by atoms with van der Waals surface area (Å²) in [4.78, 5) is 13.4. The van der Waals surface area contributed by atoms with Crippen LogP contribution < -0.4 is 10.3 Å². The van der Waals surface area contributed by atoms with E-state index in [-0.39, 0.29) is 15.9 Å². The van der Waals surface area contributed by atoms with Crippen LogP contribution in [0.25, 0.3) is 0 Å². The third-order valence-electron chi connectivity index (χ3n) is 3.44. The maximum Gasteiger partial charge on any atom is 0.247 e. The Morgan fingerprint density at radius 1 is 1.39 bits per heavy atom. The molecule has 6 heteroatoms. The summed E-state index contributed by atoms with van der Waals surface area (Å²) in [5, 5.41) is 0. The van der Waals surface area contributed by atoms with Gasteiger partial charge in [-0.2, -0.15) is 0 Å². The molecule has 1 aromatic heterocycles. The molecule has 2 N–H and O–H groups in total. The lowest BCUT2D eigenvalue weighted by atomic mass is 10.0. The van der Waals surface area contributed by atoms with Crippen LogP contribution in [0.4, 0.5) is 0 Å². The van der Waals surface area contributed by atoms with E-state index in [9.17, 15) is 13.2 Å². The Bertz CT molecular complexity index is 553. The van der Waals surface area contributed by atoms with Gasteiger partial charge in [-0.3, -0.25) is 4.79 Å². The Morgan fingerprint density at radius 3 is 2.61 bits per heavy atom. The first-order chi connectivity index (χ1) is 8.47. The van der Waals surface area contributed by atoms with Gasteiger partial charge in [-0.25, -0.2) is 13.1 Å². The van der Waals surface area contributed by atoms with E-state index in [2.05, 4.69) is 16.6 Å². The molecule has 1 saturated carbocycles. The highest BCUT2D eigenvalue weighted by atomic mass is 32.2. The van der Waals surface area contributed by atoms with Gasteiger partial charge in [0.05, 0.1) is 4.90 Å². The summed E-state index contributed by atoms with van der Waals surface area (Å²) in [5.41, 5.74) is -0.136. The molecule has 0 amide bonds. The predicted molar refractivity (Wildman–Crippen MR) is 68.8 cm³/mol. The fourth-order valence-electron chi connectivity index (χ4n) is 2.12. The third kappa shape index (κ3) is 3.00. The molecule has 100 valence electrons. The maximum atomic E-state index is 12.0. The molecule has 2 rings (SSSR count). The van der Waals surface area contributed by atoms with Crippen molar-refractivity contribution in [2.45, 2.75) is 37.5 Å². The number of sulfonamides is 1. The standard InChI is InChI=1S/C12H18N2O3S/c1-2-5-12(6-7-12)9-14-18(16,17)10-3-4-11(15)13-8-10/h3-4,8,14H,2,5-7,9H2,1H3,(H,13,15). The van der Waals surface area contributed by atoms with Crippen molar-refractivity contribution >= 4 is 10.0 Å². The Kier molecular flexibility index (Phi) is 3.59. The monoisotopic (exact) mass is 270 g/mol. The zero-order valence-electron chi connectivity index (χ0n) is 10.4. The van der Waals surface area contributed by atoms with Crippen LogP contribution in [0.1, 0.15) is 32.6 Å². The SMILES string of the molecule is CCCC1(CNS(=O)(=O)c2ccc(=O)[nH]c2)CC1. The molecular weight excluding hydrogens is 252 g/mol. The zero-order valence-corrected chi connectivity index (χ0v) is 11.2. The van der Waals surface area contributed by atoms with Gasteiger partial charge in [0.15, 0.2) is 0 Å². The normalized spacial score (nSPS) is 17.6. The fourth-order valence-corrected chi connectivity index (χ4v) is 3.24. The summed E-state index contributed by atoms with van der Waals surface area (Å²) >= 11 is 0. The van der Waals surface area contributed by atoms with Gasteiger partial charge in [0.2, 0.25) is 15.6 Å². The summed E-state index contributed by atoms with van der Waals surface area (Å²) < 4.78 is 26.6. The molecule has 1 aliphatic carbocycles. The van der Waals surface area contributed by atoms with E-state index in [1.165, 1.54) is 18.3 Å². The number of aromatic amines is 1. The Morgan fingerprint density at radius 2 is 2.11 bits per heavy atom. The molecule has 0 aliphatic heterocycles. The Hall–Kier alpha value is -1.14. The summed E-state index contributed by atoms with van der Waals surface area (Å²) in [6.07, 6.45) is 5.54. The smallest absolute Gasteiger partial charge is 0.247 e. The van der Waals surface area contributed by atoms with E-state index in [0.717, 1.165) is 25.7 Å². The largest absolute Gasteiger partial charge is 0.328 e. The highest BCUT2D eigenvalue weighted by molar-refractivity contribution is 7.89. The molecule has 0 unspecified atom stereocenters. The van der Waals surface area contributed by atoms with Gasteiger partial charge in [-0.05, 0) is 30.7 Å². The van der Waals surface area contributed by atoms with Crippen molar-refractivity contribution in [1.82, 2.24) is 9.71 Å². The van der Waals surface area contributed by atoms with Crippen LogP contribution >= 0.6 is 0 Å². The van der Waals surface area contributed by atoms with E-state index in [0.29, 0.717) is 6.54 Å². The van der Waals surface area contributed by atoms with Gasteiger partial charge in [0.25, 0.3) is 0 Å². The number of H-pyrrole nitrogens is 1. The van der Waals surface area contributed by atoms with Crippen LogP contribution in [0.5, 0.6) is 0 Å². The molecule has 0 bridgehead atoms. The molecule has 1 fully saturated rings. The molecule has 0 spiro atoms. The first-order valence-corrected chi connectivity index (χ1v) is 7.64. The predicted octanol–water partition coefficient (Wildman–Crippen LogP) is 1.23. The third-order valence-corrected chi connectivity index (χ3v) is 4.84. The molecular formula is C12H18N2O3S. The summed E-state index contributed by atoms with van der Waals surface area (Å²) in [7, 11) is -3.51. The molecule has 0 saturated heterocycles. The molecule has 18 heavy (non-hydrogen) atoms. The van der Waals surface area contributed by atoms with Gasteiger partial charge in [-0.1, -0.05) is 13.3 Å². The molecule has 0 radical (unpaired) electrons. The van der Waals surface area contributed by atoms with Crippen molar-refractivity contribution in [3.05, 3.63) is 28.7 Å². The fraction of sp³-hybridized carbons (Fsp3) is 0.583. The minimum atomic E-state index is -3.51. The minimum absolute atomic E-state index is 0.106. The van der Waals surface area contributed by atoms with Crippen LogP contribution in [0.2, 0.25) is 0 Å². The van der Waals surface area contributed by atoms with Crippen molar-refractivity contribution in [1.29, 1.82) is 0 Å². The van der Waals surface area contributed by atoms with Crippen molar-refractivity contribution in [3.63, 3.8) is 0 Å². The summed E-state index contributed by atoms with van der Waals surface area (Å²) in [5.74, 6) is 0. The second-order valence-electron chi connectivity index (χ2n) is 4.96. The second-order valence-corrected chi connectivity index (χ2v) is 6.73. The van der Waals surface area contributed by atoms with Crippen LogP contribution in [0, 0.1) is 5.41 Å². The second kappa shape index (κ2) is 4.85. The van der Waals surface area contributed by atoms with Gasteiger partial charge in [-0.15, -0.1) is 0 Å². The van der Waals surface area contributed by atoms with Gasteiger partial charge < -0.3 is 4.98 Å². The van der Waals surface area contributed by atoms with Crippen LogP contribution in [-0.4, -0.2) is 19.9 Å². The van der Waals surface area contributed by atoms with Crippen LogP contribution in [0.15, 0.2) is 28.0 Å². The van der Waals surface area contributed by atoms with Gasteiger partial charge in [0, 0.05) is 18.8 Å². The molecule has 1 aliphatic rings. The van der Waals surface area contributed by atoms with Crippen molar-refractivity contribution in [2.24, 2.45) is 5.41 Å². The van der Waals surface area contributed by atoms with E-state index in [4.69, 9.17) is 0 Å². The molecule has 0 aromatic carbocycles. The number of hydrogen-bond donors (Lipinski definition) is 2. The highest BCUT2D eigenvalue weighted by Crippen LogP contribution is 2.49. The van der Waals surface area contributed by atoms with Crippen LogP contribution in [0.3, 0.4) is 0 Å². The highest BCUT2D eigenvalue weighted by Gasteiger charge is 2.42. The number of pyridine rings is 1. The first-order valence-electron chi connectivity index (χ1n) is 6.16. The first kappa shape index (κ1) is 13.3. The lowest BCUT2D eigenvalue weighted by molar-refractivity contribution is 0.449. The number of nitrogens with one attached hydrogen (secondary N) is 2. The lowest BCUT2D eigenvalue weighted by Gasteiger charge is -2.14. The summed E-state index contributed by atoms with van der Waals surface area (Å²) in [6.45, 7) is 2.60. The average Bonchev–Trinajstić information content (AvgIpc) is 3.08. The minimum Gasteiger partial charge on any atom is -0.328 e. The molecule has 1 aromatic rings. The zero-order chi connectivity index (χ0) is 13.2. The van der Waals surface area contributed by atoms with E-state index < -0.39 is 10.0 Å². The molecule has 5 nitrogen and oxygen atoms in total. The van der Waals surface area contributed by atoms with E-state index in [1.54, 1.807) is 0 Å². The molecule has 0 atom stereocenters. The number of aromatic nitrogens is 1. The summed E-state index contributed by atoms with van der Waals surface area (Å²) in [6, 6.07) is 2.54. The van der Waals surface area contributed by atoms with E-state index in [1.807, 2.05) is 0 Å². The number of rotatable bonds is 6. The lowest BCUT2D eigenvalue weighted by Crippen LogP contribution is -2.30. The molecule has 1 heterocycles. The van der Waals surface area contributed by atoms with Crippen molar-refractivity contribution < 1.29 is 8.42 Å². The van der Waals surface area contributed by atoms with Gasteiger partial charge in [0.1, 0.15) is 0 Å². The van der Waals surface area contributed by atoms with Gasteiger partial charge >= 0.3 is 0 Å². The van der Waals surface area contributed by atoms with E-state index >= 15 is 0 Å². The average molecular weight is 270 g/mol. The topological polar surface area (TPSA) is 79.0 Å². The quantitative estimate of drug-likeness (QED) is 0.816. The Balaban J connectivity index is 2.04. The van der Waals surface area contributed by atoms with Crippen molar-refractivity contribution in [2.75, 3.05) is 6.54 Å². The Labute approximate surface area is 107 Å². The number of hydrogen-bond acceptors (Lipinski definition) is 3. The maximum absolute atomic E-state index is 12.0. The van der Waals surface area contributed by atoms with Crippen LogP contribution in [-0.2, 0) is 10.0 Å².